The van der Waals surface area contributed by atoms with Gasteiger partial charge in [0.15, 0.2) is 28.0 Å². The van der Waals surface area contributed by atoms with Gasteiger partial charge in [-0.1, -0.05) is 6.07 Å². The highest BCUT2D eigenvalue weighted by atomic mass is 32.1. The van der Waals surface area contributed by atoms with Gasteiger partial charge in [-0.15, -0.1) is 0 Å². The average molecular weight is 407 g/mol. The smallest absolute Gasteiger partial charge is 0.179 e. The van der Waals surface area contributed by atoms with E-state index >= 15 is 0 Å². The Morgan fingerprint density at radius 3 is 2.50 bits per heavy atom. The fraction of sp³-hybridized carbons (Fsp3) is 0.300. The van der Waals surface area contributed by atoms with Crippen molar-refractivity contribution < 1.29 is 17.6 Å². The van der Waals surface area contributed by atoms with E-state index in [2.05, 4.69) is 4.98 Å². The predicted molar refractivity (Wildman–Crippen MR) is 98.6 cm³/mol. The largest absolute Gasteiger partial charge is 0.324 e. The molecule has 0 bridgehead atoms. The van der Waals surface area contributed by atoms with Gasteiger partial charge in [0.05, 0.1) is 0 Å². The van der Waals surface area contributed by atoms with Gasteiger partial charge in [0, 0.05) is 54.9 Å². The Morgan fingerprint density at radius 1 is 1.14 bits per heavy atom. The Morgan fingerprint density at radius 2 is 1.86 bits per heavy atom. The van der Waals surface area contributed by atoms with Crippen molar-refractivity contribution in [2.75, 3.05) is 0 Å². The molecule has 8 heteroatoms. The highest BCUT2D eigenvalue weighted by Crippen LogP contribution is 2.36. The van der Waals surface area contributed by atoms with Crippen molar-refractivity contribution in [3.63, 3.8) is 0 Å². The standard InChI is InChI=1S/C20H17F4N3S/c1-26-15(5-4-11-3-2-6-25-9-11)16-7-12(10-27(16)20(26)28)17-18(23)13(21)8-14(22)19(17)24/h2-3,6,8-9,12H,4-5,7,10H2,1H3. The summed E-state index contributed by atoms with van der Waals surface area (Å²) in [6.45, 7) is 0.186. The molecular formula is C20H17F4N3S. The normalized spacial score (nSPS) is 15.8. The van der Waals surface area contributed by atoms with Crippen molar-refractivity contribution in [2.45, 2.75) is 31.7 Å². The van der Waals surface area contributed by atoms with Crippen LogP contribution < -0.4 is 0 Å². The van der Waals surface area contributed by atoms with Gasteiger partial charge in [-0.3, -0.25) is 4.98 Å². The van der Waals surface area contributed by atoms with Crippen LogP contribution in [0.1, 0.15) is 28.4 Å². The number of fused-ring (bicyclic) bond motifs is 1. The van der Waals surface area contributed by atoms with E-state index in [0.29, 0.717) is 11.2 Å². The van der Waals surface area contributed by atoms with Crippen LogP contribution in [0.4, 0.5) is 17.6 Å². The van der Waals surface area contributed by atoms with Gasteiger partial charge in [-0.25, -0.2) is 17.6 Å². The predicted octanol–water partition coefficient (Wildman–Crippen LogP) is 4.63. The van der Waals surface area contributed by atoms with Gasteiger partial charge in [-0.2, -0.15) is 0 Å². The number of benzene rings is 1. The van der Waals surface area contributed by atoms with Crippen molar-refractivity contribution in [3.05, 3.63) is 81.1 Å². The third-order valence-electron chi connectivity index (χ3n) is 5.35. The van der Waals surface area contributed by atoms with Crippen LogP contribution >= 0.6 is 12.2 Å². The summed E-state index contributed by atoms with van der Waals surface area (Å²) in [5.74, 6) is -6.14. The zero-order valence-corrected chi connectivity index (χ0v) is 15.9. The molecule has 3 aromatic rings. The Hall–Kier alpha value is -2.48. The number of imidazole rings is 1. The first-order valence-corrected chi connectivity index (χ1v) is 9.28. The molecule has 0 radical (unpaired) electrons. The summed E-state index contributed by atoms with van der Waals surface area (Å²) in [5.41, 5.74) is 2.32. The fourth-order valence-electron chi connectivity index (χ4n) is 3.96. The number of rotatable bonds is 4. The van der Waals surface area contributed by atoms with Crippen LogP contribution in [0.5, 0.6) is 0 Å². The number of aromatic nitrogens is 3. The van der Waals surface area contributed by atoms with Gasteiger partial charge in [0.25, 0.3) is 0 Å². The van der Waals surface area contributed by atoms with Gasteiger partial charge in [-0.05, 0) is 43.1 Å². The van der Waals surface area contributed by atoms with Crippen molar-refractivity contribution in [3.8, 4) is 0 Å². The van der Waals surface area contributed by atoms with Crippen LogP contribution in [0.25, 0.3) is 0 Å². The number of hydrogen-bond acceptors (Lipinski definition) is 2. The summed E-state index contributed by atoms with van der Waals surface area (Å²) >= 11 is 5.47. The Balaban J connectivity index is 1.67. The molecule has 28 heavy (non-hydrogen) atoms. The molecule has 1 atom stereocenters. The highest BCUT2D eigenvalue weighted by molar-refractivity contribution is 7.71. The number of hydrogen-bond donors (Lipinski definition) is 0. The Bertz CT molecular complexity index is 1080. The van der Waals surface area contributed by atoms with Gasteiger partial charge < -0.3 is 9.13 Å². The van der Waals surface area contributed by atoms with Crippen LogP contribution in [0.3, 0.4) is 0 Å². The summed E-state index contributed by atoms with van der Waals surface area (Å²) in [6, 6.07) is 4.07. The molecule has 0 aliphatic carbocycles. The quantitative estimate of drug-likeness (QED) is 0.358. The van der Waals surface area contributed by atoms with E-state index in [0.717, 1.165) is 23.4 Å². The maximum atomic E-state index is 14.2. The third kappa shape index (κ3) is 3.05. The van der Waals surface area contributed by atoms with E-state index in [-0.39, 0.29) is 19.0 Å². The highest BCUT2D eigenvalue weighted by Gasteiger charge is 2.33. The van der Waals surface area contributed by atoms with E-state index in [4.69, 9.17) is 12.2 Å². The molecule has 2 aromatic heterocycles. The van der Waals surface area contributed by atoms with E-state index in [1.54, 1.807) is 17.0 Å². The summed E-state index contributed by atoms with van der Waals surface area (Å²) in [5, 5.41) is 0. The minimum Gasteiger partial charge on any atom is -0.324 e. The van der Waals surface area contributed by atoms with E-state index in [9.17, 15) is 17.6 Å². The molecule has 3 heterocycles. The molecule has 0 spiro atoms. The maximum absolute atomic E-state index is 14.2. The maximum Gasteiger partial charge on any atom is 0.179 e. The third-order valence-corrected chi connectivity index (χ3v) is 5.85. The Kier molecular flexibility index (Phi) is 4.82. The molecule has 0 saturated carbocycles. The molecule has 0 saturated heterocycles. The van der Waals surface area contributed by atoms with Crippen molar-refractivity contribution in [1.29, 1.82) is 0 Å². The second-order valence-corrected chi connectivity index (χ2v) is 7.35. The van der Waals surface area contributed by atoms with Gasteiger partial charge >= 0.3 is 0 Å². The first kappa shape index (κ1) is 18.9. The summed E-state index contributed by atoms with van der Waals surface area (Å²) in [4.78, 5) is 4.10. The number of aryl methyl sites for hydroxylation is 1. The van der Waals surface area contributed by atoms with E-state index < -0.39 is 34.8 Å². The number of halogens is 4. The molecule has 1 aliphatic rings. The monoisotopic (exact) mass is 407 g/mol. The Labute approximate surface area is 164 Å². The van der Waals surface area contributed by atoms with E-state index in [1.807, 2.05) is 23.7 Å². The molecular weight excluding hydrogens is 390 g/mol. The number of pyridine rings is 1. The lowest BCUT2D eigenvalue weighted by molar-refractivity contribution is 0.422. The lowest BCUT2D eigenvalue weighted by Gasteiger charge is -2.14. The van der Waals surface area contributed by atoms with Crippen molar-refractivity contribution in [1.82, 2.24) is 14.1 Å². The summed E-state index contributed by atoms with van der Waals surface area (Å²) in [7, 11) is 1.85. The molecule has 3 nitrogen and oxygen atoms in total. The van der Waals surface area contributed by atoms with Crippen LogP contribution in [0.2, 0.25) is 0 Å². The van der Waals surface area contributed by atoms with E-state index in [1.165, 1.54) is 0 Å². The first-order valence-electron chi connectivity index (χ1n) is 8.87. The molecule has 4 rings (SSSR count). The van der Waals surface area contributed by atoms with Crippen LogP contribution in [0, 0.1) is 28.0 Å². The van der Waals surface area contributed by atoms with Crippen molar-refractivity contribution >= 4 is 12.2 Å². The molecule has 1 aromatic carbocycles. The van der Waals surface area contributed by atoms with Gasteiger partial charge in [0.1, 0.15) is 0 Å². The fourth-order valence-corrected chi connectivity index (χ4v) is 4.26. The first-order chi connectivity index (χ1) is 13.4. The molecule has 0 fully saturated rings. The topological polar surface area (TPSA) is 22.8 Å². The molecule has 146 valence electrons. The summed E-state index contributed by atoms with van der Waals surface area (Å²) in [6.07, 6.45) is 5.16. The second-order valence-electron chi connectivity index (χ2n) is 6.99. The van der Waals surface area contributed by atoms with Crippen molar-refractivity contribution in [2.24, 2.45) is 7.05 Å². The average Bonchev–Trinajstić information content (AvgIpc) is 3.19. The zero-order chi connectivity index (χ0) is 20.0. The molecule has 0 N–H and O–H groups in total. The SMILES string of the molecule is Cn1c(CCc2cccnc2)c2n(c1=S)CC(c1c(F)c(F)cc(F)c1F)C2. The zero-order valence-electron chi connectivity index (χ0n) is 15.1. The molecule has 0 amide bonds. The minimum atomic E-state index is -1.38. The van der Waals surface area contributed by atoms with Gasteiger partial charge in [0.2, 0.25) is 0 Å². The number of nitrogens with zero attached hydrogens (tertiary/aromatic N) is 3. The van der Waals surface area contributed by atoms with Crippen LogP contribution in [-0.2, 0) is 32.9 Å². The van der Waals surface area contributed by atoms with Crippen LogP contribution in [0.15, 0.2) is 30.6 Å². The molecule has 1 unspecified atom stereocenters. The summed E-state index contributed by atoms with van der Waals surface area (Å²) < 4.78 is 60.0. The van der Waals surface area contributed by atoms with Crippen LogP contribution in [-0.4, -0.2) is 14.1 Å². The lowest BCUT2D eigenvalue weighted by atomic mass is 9.94. The minimum absolute atomic E-state index is 0.186. The second kappa shape index (κ2) is 7.16. The molecule has 1 aliphatic heterocycles. The lowest BCUT2D eigenvalue weighted by Crippen LogP contribution is -2.12.